The van der Waals surface area contributed by atoms with Gasteiger partial charge in [-0.1, -0.05) is 44.2 Å². The second-order valence-electron chi connectivity index (χ2n) is 9.13. The van der Waals surface area contributed by atoms with Gasteiger partial charge in [-0.05, 0) is 23.5 Å². The highest BCUT2D eigenvalue weighted by atomic mass is 16.5. The Bertz CT molecular complexity index is 1020. The Kier molecular flexibility index (Phi) is 6.07. The first-order chi connectivity index (χ1) is 14.8. The number of carbonyl (C=O) groups excluding carboxylic acids is 2. The maximum absolute atomic E-state index is 12.9. The smallest absolute Gasteiger partial charge is 0.261 e. The molecule has 1 aliphatic carbocycles. The molecule has 1 saturated heterocycles. The van der Waals surface area contributed by atoms with Crippen LogP contribution in [0.1, 0.15) is 58.3 Å². The molecule has 2 aromatic rings. The van der Waals surface area contributed by atoms with Gasteiger partial charge in [-0.2, -0.15) is 0 Å². The van der Waals surface area contributed by atoms with E-state index in [1.165, 1.54) is 6.07 Å². The van der Waals surface area contributed by atoms with Crippen LogP contribution in [0.3, 0.4) is 0 Å². The van der Waals surface area contributed by atoms with Crippen molar-refractivity contribution < 1.29 is 14.3 Å². The van der Waals surface area contributed by atoms with Crippen molar-refractivity contribution in [3.05, 3.63) is 69.1 Å². The number of fused-ring (bicyclic) bond motifs is 1. The Labute approximate surface area is 181 Å². The number of H-pyrrole nitrogens is 1. The fourth-order valence-corrected chi connectivity index (χ4v) is 4.50. The number of hydrogen-bond donors (Lipinski definition) is 2. The fraction of sp³-hybridized carbons (Fsp3) is 0.458. The van der Waals surface area contributed by atoms with E-state index in [0.717, 1.165) is 18.7 Å². The molecular weight excluding hydrogens is 394 g/mol. The summed E-state index contributed by atoms with van der Waals surface area (Å²) in [6.45, 7) is 7.23. The van der Waals surface area contributed by atoms with Crippen LogP contribution < -0.4 is 10.9 Å². The number of pyridine rings is 1. The summed E-state index contributed by atoms with van der Waals surface area (Å²) in [5.74, 6) is -0.497. The molecule has 4 rings (SSSR count). The molecule has 164 valence electrons. The summed E-state index contributed by atoms with van der Waals surface area (Å²) in [6.07, 6.45) is 1.01. The van der Waals surface area contributed by atoms with E-state index in [4.69, 9.17) is 4.74 Å². The van der Waals surface area contributed by atoms with E-state index in [0.29, 0.717) is 43.9 Å². The first-order valence-corrected chi connectivity index (χ1v) is 10.8. The largest absolute Gasteiger partial charge is 0.379 e. The van der Waals surface area contributed by atoms with E-state index in [1.807, 2.05) is 44.2 Å². The Morgan fingerprint density at radius 2 is 1.87 bits per heavy atom. The molecule has 1 atom stereocenters. The summed E-state index contributed by atoms with van der Waals surface area (Å²) in [5.41, 5.74) is 1.51. The third kappa shape index (κ3) is 4.78. The third-order valence-electron chi connectivity index (χ3n) is 6.09. The average Bonchev–Trinajstić information content (AvgIpc) is 2.74. The SMILES string of the molecule is CC1(C)CC(=O)c2cc(C(=O)NCC(c3ccccc3)N3CCOCC3)c(=O)[nH]c2C1. The number of carbonyl (C=O) groups is 2. The average molecular weight is 424 g/mol. The van der Waals surface area contributed by atoms with Crippen LogP contribution in [0.4, 0.5) is 0 Å². The fourth-order valence-electron chi connectivity index (χ4n) is 4.50. The lowest BCUT2D eigenvalue weighted by Crippen LogP contribution is -2.44. The number of aromatic nitrogens is 1. The number of Topliss-reactive ketones (excluding diaryl/α,β-unsaturated/α-hetero) is 1. The molecule has 1 unspecified atom stereocenters. The van der Waals surface area contributed by atoms with Gasteiger partial charge in [0.25, 0.3) is 11.5 Å². The van der Waals surface area contributed by atoms with Crippen molar-refractivity contribution in [3.8, 4) is 0 Å². The molecule has 0 bridgehead atoms. The minimum absolute atomic E-state index is 0.0133. The maximum Gasteiger partial charge on any atom is 0.261 e. The molecule has 2 N–H and O–H groups in total. The summed E-state index contributed by atoms with van der Waals surface area (Å²) in [5, 5.41) is 2.92. The molecule has 1 aliphatic heterocycles. The molecule has 2 aliphatic rings. The normalized spacial score (nSPS) is 19.5. The molecule has 0 spiro atoms. The number of aromatic amines is 1. The number of rotatable bonds is 5. The number of amides is 1. The van der Waals surface area contributed by atoms with Crippen LogP contribution in [0.2, 0.25) is 0 Å². The van der Waals surface area contributed by atoms with Crippen LogP contribution in [0.25, 0.3) is 0 Å². The van der Waals surface area contributed by atoms with Crippen LogP contribution in [0, 0.1) is 5.41 Å². The van der Waals surface area contributed by atoms with Gasteiger partial charge >= 0.3 is 0 Å². The van der Waals surface area contributed by atoms with E-state index in [9.17, 15) is 14.4 Å². The molecule has 0 radical (unpaired) electrons. The van der Waals surface area contributed by atoms with Crippen molar-refractivity contribution in [2.45, 2.75) is 32.7 Å². The topological polar surface area (TPSA) is 91.5 Å². The van der Waals surface area contributed by atoms with Crippen LogP contribution in [0.15, 0.2) is 41.2 Å². The maximum atomic E-state index is 12.9. The van der Waals surface area contributed by atoms with E-state index < -0.39 is 11.5 Å². The van der Waals surface area contributed by atoms with Crippen LogP contribution in [-0.4, -0.2) is 54.4 Å². The standard InChI is InChI=1S/C24H29N3O4/c1-24(2)13-19-17(21(28)14-24)12-18(23(30)26-19)22(29)25-15-20(16-6-4-3-5-7-16)27-8-10-31-11-9-27/h3-7,12,20H,8-11,13-15H2,1-2H3,(H,25,29)(H,26,30). The third-order valence-corrected chi connectivity index (χ3v) is 6.09. The van der Waals surface area contributed by atoms with Gasteiger partial charge < -0.3 is 15.0 Å². The van der Waals surface area contributed by atoms with Crippen LogP contribution in [0.5, 0.6) is 0 Å². The first-order valence-electron chi connectivity index (χ1n) is 10.8. The number of nitrogens with zero attached hydrogens (tertiary/aromatic N) is 1. The molecule has 1 amide bonds. The highest BCUT2D eigenvalue weighted by molar-refractivity contribution is 6.02. The van der Waals surface area contributed by atoms with Gasteiger partial charge in [-0.25, -0.2) is 0 Å². The zero-order valence-corrected chi connectivity index (χ0v) is 18.1. The Morgan fingerprint density at radius 3 is 2.58 bits per heavy atom. The molecule has 31 heavy (non-hydrogen) atoms. The zero-order chi connectivity index (χ0) is 22.0. The molecule has 2 heterocycles. The number of ketones is 1. The van der Waals surface area contributed by atoms with Crippen molar-refractivity contribution in [1.82, 2.24) is 15.2 Å². The molecule has 1 aromatic carbocycles. The Hall–Kier alpha value is -2.77. The van der Waals surface area contributed by atoms with Gasteiger partial charge in [0.1, 0.15) is 5.56 Å². The molecular formula is C24H29N3O4. The Balaban J connectivity index is 1.54. The molecule has 7 nitrogen and oxygen atoms in total. The van der Waals surface area contributed by atoms with E-state index in [-0.39, 0.29) is 22.8 Å². The van der Waals surface area contributed by atoms with Crippen LogP contribution >= 0.6 is 0 Å². The molecule has 1 fully saturated rings. The second kappa shape index (κ2) is 8.77. The van der Waals surface area contributed by atoms with Crippen molar-refractivity contribution in [1.29, 1.82) is 0 Å². The van der Waals surface area contributed by atoms with Gasteiger partial charge in [0.05, 0.1) is 19.3 Å². The van der Waals surface area contributed by atoms with Crippen molar-refractivity contribution >= 4 is 11.7 Å². The van der Waals surface area contributed by atoms with E-state index >= 15 is 0 Å². The summed E-state index contributed by atoms with van der Waals surface area (Å²) in [4.78, 5) is 43.2. The quantitative estimate of drug-likeness (QED) is 0.770. The monoisotopic (exact) mass is 423 g/mol. The molecule has 7 heteroatoms. The molecule has 0 saturated carbocycles. The number of nitrogens with one attached hydrogen (secondary N) is 2. The number of morpholine rings is 1. The lowest BCUT2D eigenvalue weighted by molar-refractivity contribution is 0.0162. The predicted molar refractivity (Wildman–Crippen MR) is 117 cm³/mol. The van der Waals surface area contributed by atoms with Crippen molar-refractivity contribution in [2.24, 2.45) is 5.41 Å². The van der Waals surface area contributed by atoms with E-state index in [1.54, 1.807) is 0 Å². The van der Waals surface area contributed by atoms with Crippen molar-refractivity contribution in [3.63, 3.8) is 0 Å². The van der Waals surface area contributed by atoms with Gasteiger partial charge in [0.2, 0.25) is 0 Å². The summed E-state index contributed by atoms with van der Waals surface area (Å²) >= 11 is 0. The lowest BCUT2D eigenvalue weighted by Gasteiger charge is -2.35. The minimum atomic E-state index is -0.462. The zero-order valence-electron chi connectivity index (χ0n) is 18.1. The van der Waals surface area contributed by atoms with Crippen molar-refractivity contribution in [2.75, 3.05) is 32.8 Å². The Morgan fingerprint density at radius 1 is 1.16 bits per heavy atom. The first kappa shape index (κ1) is 21.5. The highest BCUT2D eigenvalue weighted by Crippen LogP contribution is 2.33. The summed E-state index contributed by atoms with van der Waals surface area (Å²) in [7, 11) is 0. The molecule has 1 aromatic heterocycles. The number of benzene rings is 1. The summed E-state index contributed by atoms with van der Waals surface area (Å²) < 4.78 is 5.47. The van der Waals surface area contributed by atoms with Gasteiger partial charge in [-0.15, -0.1) is 0 Å². The number of ether oxygens (including phenoxy) is 1. The minimum Gasteiger partial charge on any atom is -0.379 e. The van der Waals surface area contributed by atoms with Gasteiger partial charge in [-0.3, -0.25) is 19.3 Å². The lowest BCUT2D eigenvalue weighted by atomic mass is 9.75. The second-order valence-corrected chi connectivity index (χ2v) is 9.13. The highest BCUT2D eigenvalue weighted by Gasteiger charge is 2.33. The van der Waals surface area contributed by atoms with Crippen LogP contribution in [-0.2, 0) is 11.2 Å². The van der Waals surface area contributed by atoms with E-state index in [2.05, 4.69) is 15.2 Å². The van der Waals surface area contributed by atoms with Gasteiger partial charge in [0, 0.05) is 37.3 Å². The number of hydrogen-bond acceptors (Lipinski definition) is 5. The summed E-state index contributed by atoms with van der Waals surface area (Å²) in [6, 6.07) is 11.4. The van der Waals surface area contributed by atoms with Gasteiger partial charge in [0.15, 0.2) is 5.78 Å². The predicted octanol–water partition coefficient (Wildman–Crippen LogP) is 2.33.